The summed E-state index contributed by atoms with van der Waals surface area (Å²) in [6.45, 7) is 5.60. The topological polar surface area (TPSA) is 59.6 Å². The van der Waals surface area contributed by atoms with Crippen molar-refractivity contribution in [2.45, 2.75) is 13.3 Å². The van der Waals surface area contributed by atoms with Crippen molar-refractivity contribution in [2.24, 2.45) is 0 Å². The molecule has 1 heterocycles. The number of rotatable bonds is 5. The number of carbonyl (C=O) groups excluding carboxylic acids is 1. The molecule has 1 aromatic carbocycles. The Morgan fingerprint density at radius 3 is 2.70 bits per heavy atom. The molecule has 1 aliphatic rings. The number of likely N-dealkylation sites (N-methyl/N-ethyl adjacent to an activating group) is 1. The average molecular weight is 301 g/mol. The van der Waals surface area contributed by atoms with E-state index in [1.807, 2.05) is 6.92 Å². The zero-order chi connectivity index (χ0) is 13.5. The lowest BCUT2D eigenvalue weighted by atomic mass is 10.2. The second-order valence-electron chi connectivity index (χ2n) is 4.32. The molecular weight excluding hydrogens is 280 g/mol. The van der Waals surface area contributed by atoms with Gasteiger partial charge in [0, 0.05) is 25.1 Å². The van der Waals surface area contributed by atoms with Gasteiger partial charge < -0.3 is 20.1 Å². The second kappa shape index (κ2) is 8.66. The predicted molar refractivity (Wildman–Crippen MR) is 80.2 cm³/mol. The summed E-state index contributed by atoms with van der Waals surface area (Å²) in [7, 11) is 0. The monoisotopic (exact) mass is 300 g/mol. The first-order valence-corrected chi connectivity index (χ1v) is 6.70. The Labute approximate surface area is 125 Å². The number of carbonyl (C=O) groups is 1. The Kier molecular flexibility index (Phi) is 7.18. The summed E-state index contributed by atoms with van der Waals surface area (Å²) in [4.78, 5) is 11.9. The van der Waals surface area contributed by atoms with Crippen LogP contribution in [-0.4, -0.2) is 38.8 Å². The molecule has 1 aromatic rings. The first kappa shape index (κ1) is 16.6. The molecule has 6 heteroatoms. The fourth-order valence-electron chi connectivity index (χ4n) is 1.85. The van der Waals surface area contributed by atoms with Crippen LogP contribution in [0.4, 0.5) is 0 Å². The molecule has 2 rings (SSSR count). The van der Waals surface area contributed by atoms with Crippen LogP contribution in [-0.2, 0) is 0 Å². The zero-order valence-corrected chi connectivity index (χ0v) is 12.4. The molecule has 0 saturated heterocycles. The van der Waals surface area contributed by atoms with E-state index in [0.29, 0.717) is 36.8 Å². The molecule has 0 aromatic heterocycles. The minimum Gasteiger partial charge on any atom is -0.490 e. The van der Waals surface area contributed by atoms with E-state index in [9.17, 15) is 4.79 Å². The molecule has 20 heavy (non-hydrogen) atoms. The second-order valence-corrected chi connectivity index (χ2v) is 4.32. The van der Waals surface area contributed by atoms with Crippen molar-refractivity contribution in [1.29, 1.82) is 0 Å². The SMILES string of the molecule is CCNCCNC(=O)c1ccc2c(c1)OCCCO2.Cl. The van der Waals surface area contributed by atoms with Crippen LogP contribution in [0.1, 0.15) is 23.7 Å². The molecule has 112 valence electrons. The Bertz CT molecular complexity index is 440. The van der Waals surface area contributed by atoms with Gasteiger partial charge in [0.25, 0.3) is 5.91 Å². The van der Waals surface area contributed by atoms with Crippen molar-refractivity contribution in [2.75, 3.05) is 32.8 Å². The lowest BCUT2D eigenvalue weighted by Gasteiger charge is -2.10. The van der Waals surface area contributed by atoms with Crippen LogP contribution in [0.25, 0.3) is 0 Å². The van der Waals surface area contributed by atoms with Gasteiger partial charge in [0.15, 0.2) is 11.5 Å². The summed E-state index contributed by atoms with van der Waals surface area (Å²) in [6.07, 6.45) is 0.860. The Morgan fingerprint density at radius 2 is 1.95 bits per heavy atom. The predicted octanol–water partition coefficient (Wildman–Crippen LogP) is 1.61. The van der Waals surface area contributed by atoms with Crippen LogP contribution in [0.5, 0.6) is 11.5 Å². The van der Waals surface area contributed by atoms with Gasteiger partial charge in [-0.05, 0) is 24.7 Å². The summed E-state index contributed by atoms with van der Waals surface area (Å²) in [5.74, 6) is 1.27. The van der Waals surface area contributed by atoms with Crippen LogP contribution in [0.3, 0.4) is 0 Å². The van der Waals surface area contributed by atoms with Crippen molar-refractivity contribution in [3.63, 3.8) is 0 Å². The average Bonchev–Trinajstić information content (AvgIpc) is 2.67. The van der Waals surface area contributed by atoms with Crippen LogP contribution in [0.2, 0.25) is 0 Å². The molecule has 0 saturated carbocycles. The van der Waals surface area contributed by atoms with Gasteiger partial charge in [-0.3, -0.25) is 4.79 Å². The lowest BCUT2D eigenvalue weighted by molar-refractivity contribution is 0.0953. The van der Waals surface area contributed by atoms with E-state index in [2.05, 4.69) is 10.6 Å². The first-order chi connectivity index (χ1) is 9.31. The highest BCUT2D eigenvalue weighted by atomic mass is 35.5. The van der Waals surface area contributed by atoms with E-state index in [1.165, 1.54) is 0 Å². The quantitative estimate of drug-likeness (QED) is 0.811. The fourth-order valence-corrected chi connectivity index (χ4v) is 1.85. The maximum atomic E-state index is 11.9. The highest BCUT2D eigenvalue weighted by molar-refractivity contribution is 5.94. The van der Waals surface area contributed by atoms with Gasteiger partial charge in [-0.15, -0.1) is 12.4 Å². The molecule has 0 radical (unpaired) electrons. The minimum absolute atomic E-state index is 0. The molecule has 1 amide bonds. The number of hydrogen-bond donors (Lipinski definition) is 2. The van der Waals surface area contributed by atoms with E-state index < -0.39 is 0 Å². The van der Waals surface area contributed by atoms with Crippen LogP contribution >= 0.6 is 12.4 Å². The van der Waals surface area contributed by atoms with Crippen LogP contribution in [0.15, 0.2) is 18.2 Å². The van der Waals surface area contributed by atoms with Gasteiger partial charge in [-0.25, -0.2) is 0 Å². The molecule has 0 unspecified atom stereocenters. The summed E-state index contributed by atoms with van der Waals surface area (Å²) in [5.41, 5.74) is 0.598. The number of fused-ring (bicyclic) bond motifs is 1. The fraction of sp³-hybridized carbons (Fsp3) is 0.500. The molecule has 5 nitrogen and oxygen atoms in total. The molecule has 0 spiro atoms. The summed E-state index contributed by atoms with van der Waals surface area (Å²) >= 11 is 0. The number of halogens is 1. The van der Waals surface area contributed by atoms with E-state index in [-0.39, 0.29) is 18.3 Å². The third kappa shape index (κ3) is 4.58. The van der Waals surface area contributed by atoms with Gasteiger partial charge in [0.05, 0.1) is 13.2 Å². The molecular formula is C14H21ClN2O3. The van der Waals surface area contributed by atoms with Crippen LogP contribution in [0, 0.1) is 0 Å². The van der Waals surface area contributed by atoms with Crippen molar-refractivity contribution in [1.82, 2.24) is 10.6 Å². The molecule has 0 fully saturated rings. The van der Waals surface area contributed by atoms with Crippen LogP contribution < -0.4 is 20.1 Å². The van der Waals surface area contributed by atoms with E-state index in [0.717, 1.165) is 19.5 Å². The van der Waals surface area contributed by atoms with Gasteiger partial charge >= 0.3 is 0 Å². The first-order valence-electron chi connectivity index (χ1n) is 6.70. The summed E-state index contributed by atoms with van der Waals surface area (Å²) in [5, 5.41) is 6.01. The highest BCUT2D eigenvalue weighted by Gasteiger charge is 2.13. The maximum Gasteiger partial charge on any atom is 0.251 e. The zero-order valence-electron chi connectivity index (χ0n) is 11.6. The maximum absolute atomic E-state index is 11.9. The van der Waals surface area contributed by atoms with E-state index in [4.69, 9.17) is 9.47 Å². The van der Waals surface area contributed by atoms with Gasteiger partial charge in [-0.2, -0.15) is 0 Å². The minimum atomic E-state index is -0.0893. The third-order valence-electron chi connectivity index (χ3n) is 2.85. The number of nitrogens with one attached hydrogen (secondary N) is 2. The molecule has 0 aliphatic carbocycles. The Hall–Kier alpha value is -1.46. The molecule has 1 aliphatic heterocycles. The lowest BCUT2D eigenvalue weighted by Crippen LogP contribution is -2.31. The smallest absolute Gasteiger partial charge is 0.251 e. The van der Waals surface area contributed by atoms with E-state index in [1.54, 1.807) is 18.2 Å². The number of hydrogen-bond acceptors (Lipinski definition) is 4. The van der Waals surface area contributed by atoms with Crippen molar-refractivity contribution in [3.05, 3.63) is 23.8 Å². The number of ether oxygens (including phenoxy) is 2. The van der Waals surface area contributed by atoms with Crippen molar-refractivity contribution in [3.8, 4) is 11.5 Å². The summed E-state index contributed by atoms with van der Waals surface area (Å²) in [6, 6.07) is 5.29. The normalized spacial score (nSPS) is 13.1. The highest BCUT2D eigenvalue weighted by Crippen LogP contribution is 2.30. The molecule has 2 N–H and O–H groups in total. The number of amides is 1. The number of benzene rings is 1. The Morgan fingerprint density at radius 1 is 1.20 bits per heavy atom. The van der Waals surface area contributed by atoms with Gasteiger partial charge in [0.1, 0.15) is 0 Å². The van der Waals surface area contributed by atoms with Crippen molar-refractivity contribution < 1.29 is 14.3 Å². The summed E-state index contributed by atoms with van der Waals surface area (Å²) < 4.78 is 11.1. The Balaban J connectivity index is 0.00000200. The van der Waals surface area contributed by atoms with E-state index >= 15 is 0 Å². The van der Waals surface area contributed by atoms with Gasteiger partial charge in [-0.1, -0.05) is 6.92 Å². The third-order valence-corrected chi connectivity index (χ3v) is 2.85. The van der Waals surface area contributed by atoms with Crippen molar-refractivity contribution >= 4 is 18.3 Å². The molecule has 0 atom stereocenters. The largest absolute Gasteiger partial charge is 0.490 e. The standard InChI is InChI=1S/C14H20N2O3.ClH/c1-2-15-6-7-16-14(17)11-4-5-12-13(10-11)19-9-3-8-18-12;/h4-5,10,15H,2-3,6-9H2,1H3,(H,16,17);1H. The molecule has 0 bridgehead atoms. The van der Waals surface area contributed by atoms with Gasteiger partial charge in [0.2, 0.25) is 0 Å².